The summed E-state index contributed by atoms with van der Waals surface area (Å²) in [5.41, 5.74) is 0.352. The van der Waals surface area contributed by atoms with E-state index in [-0.39, 0.29) is 18.0 Å². The molecule has 0 radical (unpaired) electrons. The highest BCUT2D eigenvalue weighted by Crippen LogP contribution is 2.28. The van der Waals surface area contributed by atoms with Crippen LogP contribution in [-0.2, 0) is 6.54 Å². The molecule has 21 heavy (non-hydrogen) atoms. The van der Waals surface area contributed by atoms with E-state index >= 15 is 0 Å². The van der Waals surface area contributed by atoms with E-state index < -0.39 is 13.2 Å². The highest BCUT2D eigenvalue weighted by molar-refractivity contribution is 7.09. The number of nitrogens with one attached hydrogen (secondary N) is 1. The topological polar surface area (TPSA) is 56.3 Å². The second kappa shape index (κ2) is 7.07. The van der Waals surface area contributed by atoms with Crippen molar-refractivity contribution in [2.45, 2.75) is 19.8 Å². The van der Waals surface area contributed by atoms with E-state index in [1.54, 1.807) is 0 Å². The van der Waals surface area contributed by atoms with Crippen molar-refractivity contribution >= 4 is 16.5 Å². The van der Waals surface area contributed by atoms with Gasteiger partial charge < -0.3 is 14.8 Å². The van der Waals surface area contributed by atoms with Gasteiger partial charge in [-0.2, -0.15) is 17.6 Å². The third-order valence-corrected chi connectivity index (χ3v) is 2.92. The van der Waals surface area contributed by atoms with Crippen molar-refractivity contribution in [1.82, 2.24) is 9.59 Å². The van der Waals surface area contributed by atoms with Gasteiger partial charge in [-0.3, -0.25) is 0 Å². The number of halogens is 4. The first kappa shape index (κ1) is 15.3. The van der Waals surface area contributed by atoms with E-state index in [1.807, 2.05) is 0 Å². The molecule has 2 aromatic rings. The summed E-state index contributed by atoms with van der Waals surface area (Å²) in [6.45, 7) is -5.98. The van der Waals surface area contributed by atoms with E-state index in [1.165, 1.54) is 18.3 Å². The zero-order valence-electron chi connectivity index (χ0n) is 10.3. The molecule has 0 atom stereocenters. The van der Waals surface area contributed by atoms with Crippen molar-refractivity contribution in [2.75, 3.05) is 5.32 Å². The van der Waals surface area contributed by atoms with Gasteiger partial charge in [0.15, 0.2) is 0 Å². The Labute approximate surface area is 120 Å². The summed E-state index contributed by atoms with van der Waals surface area (Å²) in [5.74, 6) is -0.503. The van der Waals surface area contributed by atoms with Gasteiger partial charge in [0.25, 0.3) is 0 Å². The summed E-state index contributed by atoms with van der Waals surface area (Å²) >= 11 is 1.09. The summed E-state index contributed by atoms with van der Waals surface area (Å²) in [7, 11) is 0. The van der Waals surface area contributed by atoms with Gasteiger partial charge in [-0.05, 0) is 12.1 Å². The molecule has 0 aliphatic carbocycles. The predicted molar refractivity (Wildman–Crippen MR) is 66.9 cm³/mol. The Bertz CT molecular complexity index is 569. The number of anilines is 1. The van der Waals surface area contributed by atoms with Crippen LogP contribution in [0.25, 0.3) is 0 Å². The van der Waals surface area contributed by atoms with Crippen molar-refractivity contribution in [3.05, 3.63) is 30.0 Å². The molecule has 2 rings (SSSR count). The summed E-state index contributed by atoms with van der Waals surface area (Å²) in [5, 5.41) is 7.13. The SMILES string of the molecule is FC(F)Oc1ccc(CNc2cnns2)c(OC(F)F)c1. The van der Waals surface area contributed by atoms with Gasteiger partial charge in [-0.15, -0.1) is 5.10 Å². The van der Waals surface area contributed by atoms with Gasteiger partial charge in [-0.25, -0.2) is 0 Å². The molecule has 0 aliphatic rings. The molecular weight excluding hydrogens is 314 g/mol. The normalized spacial score (nSPS) is 11.0. The van der Waals surface area contributed by atoms with Crippen LogP contribution in [0.5, 0.6) is 11.5 Å². The van der Waals surface area contributed by atoms with E-state index in [9.17, 15) is 17.6 Å². The van der Waals surface area contributed by atoms with Crippen molar-refractivity contribution in [3.8, 4) is 11.5 Å². The fraction of sp³-hybridized carbons (Fsp3) is 0.273. The van der Waals surface area contributed by atoms with Gasteiger partial charge in [0.1, 0.15) is 16.5 Å². The second-order valence-corrected chi connectivity index (χ2v) is 4.45. The van der Waals surface area contributed by atoms with Gasteiger partial charge >= 0.3 is 13.2 Å². The first-order valence-electron chi connectivity index (χ1n) is 5.58. The Balaban J connectivity index is 2.13. The molecule has 0 fully saturated rings. The molecule has 0 aliphatic heterocycles. The Morgan fingerprint density at radius 2 is 1.90 bits per heavy atom. The summed E-state index contributed by atoms with van der Waals surface area (Å²) in [6.07, 6.45) is 1.46. The summed E-state index contributed by atoms with van der Waals surface area (Å²) in [6, 6.07) is 3.59. The van der Waals surface area contributed by atoms with Crippen LogP contribution in [0.4, 0.5) is 22.6 Å². The number of alkyl halides is 4. The quantitative estimate of drug-likeness (QED) is 0.792. The van der Waals surface area contributed by atoms with Crippen LogP contribution in [0.1, 0.15) is 5.56 Å². The van der Waals surface area contributed by atoms with E-state index in [0.717, 1.165) is 17.6 Å². The maximum Gasteiger partial charge on any atom is 0.387 e. The zero-order valence-corrected chi connectivity index (χ0v) is 11.1. The maximum absolute atomic E-state index is 12.4. The van der Waals surface area contributed by atoms with Crippen LogP contribution in [0.15, 0.2) is 24.4 Å². The summed E-state index contributed by atoms with van der Waals surface area (Å²) in [4.78, 5) is 0. The first-order chi connectivity index (χ1) is 10.0. The average Bonchev–Trinajstić information content (AvgIpc) is 2.89. The van der Waals surface area contributed by atoms with E-state index in [2.05, 4.69) is 24.4 Å². The summed E-state index contributed by atoms with van der Waals surface area (Å²) < 4.78 is 61.0. The van der Waals surface area contributed by atoms with Crippen LogP contribution < -0.4 is 14.8 Å². The lowest BCUT2D eigenvalue weighted by Crippen LogP contribution is -2.08. The smallest absolute Gasteiger partial charge is 0.387 e. The molecule has 0 amide bonds. The second-order valence-electron chi connectivity index (χ2n) is 3.66. The number of hydrogen-bond acceptors (Lipinski definition) is 6. The molecule has 0 bridgehead atoms. The lowest BCUT2D eigenvalue weighted by molar-refractivity contribution is -0.0546. The highest BCUT2D eigenvalue weighted by Gasteiger charge is 2.13. The number of benzene rings is 1. The fourth-order valence-electron chi connectivity index (χ4n) is 1.49. The molecular formula is C11H9F4N3O2S. The number of nitrogens with zero attached hydrogens (tertiary/aromatic N) is 2. The lowest BCUT2D eigenvalue weighted by Gasteiger charge is -2.13. The highest BCUT2D eigenvalue weighted by atomic mass is 32.1. The van der Waals surface area contributed by atoms with Gasteiger partial charge in [0, 0.05) is 29.7 Å². The van der Waals surface area contributed by atoms with Crippen molar-refractivity contribution in [1.29, 1.82) is 0 Å². The number of ether oxygens (including phenoxy) is 2. The zero-order chi connectivity index (χ0) is 15.2. The third-order valence-electron chi connectivity index (χ3n) is 2.29. The Morgan fingerprint density at radius 1 is 1.14 bits per heavy atom. The predicted octanol–water partition coefficient (Wildman–Crippen LogP) is 3.35. The Hall–Kier alpha value is -2.10. The average molecular weight is 323 g/mol. The van der Waals surface area contributed by atoms with Crippen LogP contribution in [0.3, 0.4) is 0 Å². The molecule has 0 saturated carbocycles. The lowest BCUT2D eigenvalue weighted by atomic mass is 10.2. The van der Waals surface area contributed by atoms with Crippen LogP contribution in [0.2, 0.25) is 0 Å². The van der Waals surface area contributed by atoms with Gasteiger partial charge in [0.2, 0.25) is 0 Å². The minimum atomic E-state index is -3.07. The van der Waals surface area contributed by atoms with E-state index in [0.29, 0.717) is 10.6 Å². The minimum absolute atomic E-state index is 0.140. The van der Waals surface area contributed by atoms with Crippen molar-refractivity contribution in [2.24, 2.45) is 0 Å². The fourth-order valence-corrected chi connectivity index (χ4v) is 1.90. The molecule has 1 aromatic heterocycles. The minimum Gasteiger partial charge on any atom is -0.435 e. The van der Waals surface area contributed by atoms with Crippen molar-refractivity contribution < 1.29 is 27.0 Å². The van der Waals surface area contributed by atoms with Gasteiger partial charge in [0.05, 0.1) is 6.20 Å². The first-order valence-corrected chi connectivity index (χ1v) is 6.35. The third kappa shape index (κ3) is 4.74. The molecule has 1 heterocycles. The van der Waals surface area contributed by atoms with Gasteiger partial charge in [-0.1, -0.05) is 4.49 Å². The molecule has 0 spiro atoms. The molecule has 1 N–H and O–H groups in total. The Kier molecular flexibility index (Phi) is 5.14. The van der Waals surface area contributed by atoms with Crippen LogP contribution in [-0.4, -0.2) is 22.8 Å². The molecule has 5 nitrogen and oxygen atoms in total. The van der Waals surface area contributed by atoms with Crippen LogP contribution in [0, 0.1) is 0 Å². The van der Waals surface area contributed by atoms with E-state index in [4.69, 9.17) is 0 Å². The largest absolute Gasteiger partial charge is 0.435 e. The monoisotopic (exact) mass is 323 g/mol. The maximum atomic E-state index is 12.4. The number of hydrogen-bond donors (Lipinski definition) is 1. The Morgan fingerprint density at radius 3 is 2.52 bits per heavy atom. The van der Waals surface area contributed by atoms with Crippen molar-refractivity contribution in [3.63, 3.8) is 0 Å². The molecule has 0 saturated heterocycles. The number of rotatable bonds is 7. The van der Waals surface area contributed by atoms with Crippen LogP contribution >= 0.6 is 11.5 Å². The molecule has 0 unspecified atom stereocenters. The molecule has 114 valence electrons. The number of aromatic nitrogens is 2. The standard InChI is InChI=1S/C11H9F4N3O2S/c12-10(13)19-7-2-1-6(8(3-7)20-11(14)15)4-16-9-5-17-18-21-9/h1-3,5,10-11,16H,4H2. The molecule has 10 heteroatoms. The molecule has 1 aromatic carbocycles.